The number of oxazole rings is 1. The van der Waals surface area contributed by atoms with Crippen molar-refractivity contribution in [1.29, 1.82) is 0 Å². The van der Waals surface area contributed by atoms with Gasteiger partial charge < -0.3 is 14.5 Å². The molecule has 0 amide bonds. The first-order valence-corrected chi connectivity index (χ1v) is 7.04. The SMILES string of the molecule is COc1ccsc1-c1cnc(CCNC2CC2)o1. The topological polar surface area (TPSA) is 47.3 Å². The van der Waals surface area contributed by atoms with Gasteiger partial charge in [-0.25, -0.2) is 4.98 Å². The van der Waals surface area contributed by atoms with Crippen molar-refractivity contribution in [3.63, 3.8) is 0 Å². The van der Waals surface area contributed by atoms with Gasteiger partial charge in [0, 0.05) is 19.0 Å². The van der Waals surface area contributed by atoms with Crippen LogP contribution in [-0.4, -0.2) is 24.7 Å². The highest BCUT2D eigenvalue weighted by molar-refractivity contribution is 7.13. The van der Waals surface area contributed by atoms with E-state index in [4.69, 9.17) is 9.15 Å². The van der Waals surface area contributed by atoms with E-state index in [1.54, 1.807) is 24.6 Å². The molecule has 2 heterocycles. The van der Waals surface area contributed by atoms with Crippen molar-refractivity contribution in [2.24, 2.45) is 0 Å². The largest absolute Gasteiger partial charge is 0.495 e. The molecule has 3 rings (SSSR count). The third-order valence-corrected chi connectivity index (χ3v) is 3.89. The normalized spacial score (nSPS) is 14.9. The van der Waals surface area contributed by atoms with Crippen LogP contribution in [0.1, 0.15) is 18.7 Å². The summed E-state index contributed by atoms with van der Waals surface area (Å²) in [6.07, 6.45) is 5.23. The average molecular weight is 264 g/mol. The summed E-state index contributed by atoms with van der Waals surface area (Å²) >= 11 is 1.60. The van der Waals surface area contributed by atoms with Crippen LogP contribution in [-0.2, 0) is 6.42 Å². The summed E-state index contributed by atoms with van der Waals surface area (Å²) < 4.78 is 11.0. The number of aromatic nitrogens is 1. The van der Waals surface area contributed by atoms with Gasteiger partial charge in [0.15, 0.2) is 11.7 Å². The number of nitrogens with one attached hydrogen (secondary N) is 1. The van der Waals surface area contributed by atoms with Crippen molar-refractivity contribution in [3.05, 3.63) is 23.5 Å². The van der Waals surface area contributed by atoms with Crippen LogP contribution in [0, 0.1) is 0 Å². The molecule has 0 bridgehead atoms. The van der Waals surface area contributed by atoms with Gasteiger partial charge in [-0.3, -0.25) is 0 Å². The van der Waals surface area contributed by atoms with Crippen LogP contribution in [0.5, 0.6) is 5.75 Å². The van der Waals surface area contributed by atoms with E-state index < -0.39 is 0 Å². The van der Waals surface area contributed by atoms with Gasteiger partial charge in [0.2, 0.25) is 0 Å². The molecule has 2 aromatic heterocycles. The number of rotatable bonds is 6. The summed E-state index contributed by atoms with van der Waals surface area (Å²) in [5.41, 5.74) is 0. The molecule has 1 saturated carbocycles. The first-order chi connectivity index (χ1) is 8.86. The summed E-state index contributed by atoms with van der Waals surface area (Å²) in [6.45, 7) is 0.937. The van der Waals surface area contributed by atoms with E-state index >= 15 is 0 Å². The molecule has 1 aliphatic carbocycles. The second-order valence-electron chi connectivity index (χ2n) is 4.41. The van der Waals surface area contributed by atoms with Crippen LogP contribution in [0.2, 0.25) is 0 Å². The van der Waals surface area contributed by atoms with E-state index in [9.17, 15) is 0 Å². The maximum atomic E-state index is 5.75. The molecule has 5 heteroatoms. The zero-order valence-electron chi connectivity index (χ0n) is 10.3. The Morgan fingerprint density at radius 1 is 1.56 bits per heavy atom. The quantitative estimate of drug-likeness (QED) is 0.871. The molecule has 96 valence electrons. The third kappa shape index (κ3) is 2.57. The first-order valence-electron chi connectivity index (χ1n) is 6.17. The zero-order valence-corrected chi connectivity index (χ0v) is 11.1. The first kappa shape index (κ1) is 11.7. The third-order valence-electron chi connectivity index (χ3n) is 2.98. The molecular formula is C13H16N2O2S. The van der Waals surface area contributed by atoms with Crippen molar-refractivity contribution in [2.45, 2.75) is 25.3 Å². The van der Waals surface area contributed by atoms with E-state index in [-0.39, 0.29) is 0 Å². The lowest BCUT2D eigenvalue weighted by atomic mass is 10.4. The molecule has 0 radical (unpaired) electrons. The Hall–Kier alpha value is -1.33. The molecule has 0 aromatic carbocycles. The van der Waals surface area contributed by atoms with E-state index in [0.717, 1.165) is 41.3 Å². The zero-order chi connectivity index (χ0) is 12.4. The minimum absolute atomic E-state index is 0.733. The minimum atomic E-state index is 0.733. The van der Waals surface area contributed by atoms with Crippen LogP contribution in [0.15, 0.2) is 22.1 Å². The molecule has 18 heavy (non-hydrogen) atoms. The summed E-state index contributed by atoms with van der Waals surface area (Å²) in [6, 6.07) is 2.67. The molecular weight excluding hydrogens is 248 g/mol. The molecule has 0 saturated heterocycles. The number of thiophene rings is 1. The van der Waals surface area contributed by atoms with Gasteiger partial charge in [-0.2, -0.15) is 0 Å². The van der Waals surface area contributed by atoms with E-state index in [2.05, 4.69) is 10.3 Å². The fraction of sp³-hybridized carbons (Fsp3) is 0.462. The molecule has 1 N–H and O–H groups in total. The van der Waals surface area contributed by atoms with Crippen molar-refractivity contribution in [2.75, 3.05) is 13.7 Å². The van der Waals surface area contributed by atoms with Crippen LogP contribution >= 0.6 is 11.3 Å². The predicted molar refractivity (Wildman–Crippen MR) is 71.1 cm³/mol. The second-order valence-corrected chi connectivity index (χ2v) is 5.33. The summed E-state index contributed by atoms with van der Waals surface area (Å²) in [5, 5.41) is 5.44. The fourth-order valence-electron chi connectivity index (χ4n) is 1.84. The summed E-state index contributed by atoms with van der Waals surface area (Å²) in [5.74, 6) is 2.43. The van der Waals surface area contributed by atoms with Crippen LogP contribution in [0.4, 0.5) is 0 Å². The molecule has 0 aliphatic heterocycles. The Bertz CT molecular complexity index is 517. The van der Waals surface area contributed by atoms with Gasteiger partial charge in [-0.15, -0.1) is 11.3 Å². The van der Waals surface area contributed by atoms with Crippen LogP contribution in [0.25, 0.3) is 10.6 Å². The van der Waals surface area contributed by atoms with Gasteiger partial charge >= 0.3 is 0 Å². The van der Waals surface area contributed by atoms with Crippen molar-refractivity contribution >= 4 is 11.3 Å². The van der Waals surface area contributed by atoms with Gasteiger partial charge in [-0.05, 0) is 24.3 Å². The lowest BCUT2D eigenvalue weighted by molar-refractivity contribution is 0.415. The van der Waals surface area contributed by atoms with Gasteiger partial charge in [-0.1, -0.05) is 0 Å². The molecule has 1 fully saturated rings. The van der Waals surface area contributed by atoms with Crippen molar-refractivity contribution < 1.29 is 9.15 Å². The monoisotopic (exact) mass is 264 g/mol. The molecule has 0 atom stereocenters. The van der Waals surface area contributed by atoms with Gasteiger partial charge in [0.1, 0.15) is 10.6 Å². The predicted octanol–water partition coefficient (Wildman–Crippen LogP) is 2.71. The maximum Gasteiger partial charge on any atom is 0.196 e. The van der Waals surface area contributed by atoms with Crippen LogP contribution < -0.4 is 10.1 Å². The molecule has 0 unspecified atom stereocenters. The lowest BCUT2D eigenvalue weighted by Crippen LogP contribution is -2.19. The number of nitrogens with zero attached hydrogens (tertiary/aromatic N) is 1. The summed E-state index contributed by atoms with van der Waals surface area (Å²) in [4.78, 5) is 5.32. The van der Waals surface area contributed by atoms with Gasteiger partial charge in [0.25, 0.3) is 0 Å². The maximum absolute atomic E-state index is 5.75. The Balaban J connectivity index is 1.64. The number of hydrogen-bond donors (Lipinski definition) is 1. The Labute approximate surface area is 110 Å². The van der Waals surface area contributed by atoms with E-state index in [1.165, 1.54) is 12.8 Å². The highest BCUT2D eigenvalue weighted by Crippen LogP contribution is 2.35. The van der Waals surface area contributed by atoms with Gasteiger partial charge in [0.05, 0.1) is 13.3 Å². The Kier molecular flexibility index (Phi) is 3.34. The number of ether oxygens (including phenoxy) is 1. The highest BCUT2D eigenvalue weighted by atomic mass is 32.1. The van der Waals surface area contributed by atoms with E-state index in [0.29, 0.717) is 0 Å². The Morgan fingerprint density at radius 2 is 2.44 bits per heavy atom. The smallest absolute Gasteiger partial charge is 0.196 e. The number of hydrogen-bond acceptors (Lipinski definition) is 5. The van der Waals surface area contributed by atoms with E-state index in [1.807, 2.05) is 11.4 Å². The van der Waals surface area contributed by atoms with Crippen molar-refractivity contribution in [1.82, 2.24) is 10.3 Å². The fourth-order valence-corrected chi connectivity index (χ4v) is 2.65. The molecule has 0 spiro atoms. The molecule has 2 aromatic rings. The number of methoxy groups -OCH3 is 1. The van der Waals surface area contributed by atoms with Crippen LogP contribution in [0.3, 0.4) is 0 Å². The minimum Gasteiger partial charge on any atom is -0.495 e. The second kappa shape index (κ2) is 5.12. The standard InChI is InChI=1S/C13H16N2O2S/c1-16-10-5-7-18-13(10)11-8-15-12(17-11)4-6-14-9-2-3-9/h5,7-9,14H,2-4,6H2,1H3. The highest BCUT2D eigenvalue weighted by Gasteiger charge is 2.20. The lowest BCUT2D eigenvalue weighted by Gasteiger charge is -1.99. The average Bonchev–Trinajstić information content (AvgIpc) is 2.92. The summed E-state index contributed by atoms with van der Waals surface area (Å²) in [7, 11) is 1.67. The Morgan fingerprint density at radius 3 is 3.22 bits per heavy atom. The molecule has 4 nitrogen and oxygen atoms in total. The molecule has 1 aliphatic rings. The van der Waals surface area contributed by atoms with Crippen molar-refractivity contribution in [3.8, 4) is 16.4 Å².